The van der Waals surface area contributed by atoms with Crippen LogP contribution in [0.3, 0.4) is 0 Å². The molecule has 6 heavy (non-hydrogen) atoms. The van der Waals surface area contributed by atoms with Crippen molar-refractivity contribution in [2.75, 3.05) is 5.75 Å². The van der Waals surface area contributed by atoms with E-state index in [1.165, 1.54) is 0 Å². The molecule has 0 N–H and O–H groups in total. The summed E-state index contributed by atoms with van der Waals surface area (Å²) in [5.41, 5.74) is 0. The van der Waals surface area contributed by atoms with E-state index < -0.39 is 0 Å². The van der Waals surface area contributed by atoms with Gasteiger partial charge in [0, 0.05) is 38.6 Å². The minimum Gasteiger partial charge on any atom is -0.343 e. The summed E-state index contributed by atoms with van der Waals surface area (Å²) >= 11 is 3.96. The van der Waals surface area contributed by atoms with E-state index in [1.807, 2.05) is 0 Å². The molecular formula is C4H9STb-. The van der Waals surface area contributed by atoms with Crippen molar-refractivity contribution in [2.45, 2.75) is 12.8 Å². The molecule has 0 aliphatic carbocycles. The number of hydrogen-bond donors (Lipinski definition) is 1. The molecule has 0 bridgehead atoms. The van der Waals surface area contributed by atoms with Gasteiger partial charge in [-0.15, -0.1) is 0 Å². The predicted octanol–water partition coefficient (Wildman–Crippen LogP) is 1.53. The van der Waals surface area contributed by atoms with Crippen LogP contribution in [0.2, 0.25) is 0 Å². The first-order valence-corrected chi connectivity index (χ1v) is 2.45. The third-order valence-corrected chi connectivity index (χ3v) is 0.724. The van der Waals surface area contributed by atoms with Crippen LogP contribution in [0.15, 0.2) is 0 Å². The molecule has 0 fully saturated rings. The minimum absolute atomic E-state index is 0. The summed E-state index contributed by atoms with van der Waals surface area (Å²) in [5.74, 6) is 0.976. The summed E-state index contributed by atoms with van der Waals surface area (Å²) in [7, 11) is 0. The van der Waals surface area contributed by atoms with E-state index >= 15 is 0 Å². The van der Waals surface area contributed by atoms with Crippen molar-refractivity contribution < 1.29 is 38.6 Å². The number of unbranched alkanes of at least 4 members (excludes halogenated alkanes) is 1. The molecule has 0 saturated carbocycles. The molecular weight excluding hydrogens is 239 g/mol. The second-order valence-electron chi connectivity index (χ2n) is 0.931. The Kier molecular flexibility index (Phi) is 17.3. The maximum absolute atomic E-state index is 3.96. The molecule has 0 spiro atoms. The molecule has 0 aromatic heterocycles. The first kappa shape index (κ1) is 10.6. The standard InChI is InChI=1S/C4H9S.Tb/c1-2-3-4-5;/h5H,1-4H2;/q-1;. The smallest absolute Gasteiger partial charge is 0 e. The molecule has 41 valence electrons. The molecule has 0 unspecified atom stereocenters. The summed E-state index contributed by atoms with van der Waals surface area (Å²) in [6, 6.07) is 0. The molecule has 0 atom stereocenters. The Bertz CT molecular complexity index is 15.0. The van der Waals surface area contributed by atoms with Crippen LogP contribution >= 0.6 is 12.6 Å². The van der Waals surface area contributed by atoms with Crippen molar-refractivity contribution in [1.29, 1.82) is 0 Å². The SMILES string of the molecule is [CH2-]CCCS.[Tb]. The molecule has 2 heteroatoms. The van der Waals surface area contributed by atoms with E-state index in [4.69, 9.17) is 0 Å². The summed E-state index contributed by atoms with van der Waals surface area (Å²) in [6.07, 6.45) is 2.16. The Hall–Kier alpha value is 1.64. The molecule has 0 nitrogen and oxygen atoms in total. The summed E-state index contributed by atoms with van der Waals surface area (Å²) < 4.78 is 0. The summed E-state index contributed by atoms with van der Waals surface area (Å²) in [4.78, 5) is 0. The van der Waals surface area contributed by atoms with Gasteiger partial charge in [0.1, 0.15) is 0 Å². The zero-order valence-corrected chi connectivity index (χ0v) is 6.64. The third-order valence-electron chi connectivity index (χ3n) is 0.408. The van der Waals surface area contributed by atoms with Gasteiger partial charge in [0.05, 0.1) is 0 Å². The number of rotatable bonds is 2. The zero-order chi connectivity index (χ0) is 4.12. The van der Waals surface area contributed by atoms with Gasteiger partial charge in [-0.05, 0) is 5.75 Å². The Balaban J connectivity index is 0. The topological polar surface area (TPSA) is 0 Å². The molecule has 0 aliphatic rings. The molecule has 0 aromatic rings. The van der Waals surface area contributed by atoms with Crippen molar-refractivity contribution >= 4 is 12.6 Å². The Labute approximate surface area is 75.9 Å². The number of hydrogen-bond acceptors (Lipinski definition) is 1. The van der Waals surface area contributed by atoms with Gasteiger partial charge in [0.2, 0.25) is 0 Å². The van der Waals surface area contributed by atoms with Crippen LogP contribution in [0.4, 0.5) is 0 Å². The molecule has 0 aromatic carbocycles. The van der Waals surface area contributed by atoms with Gasteiger partial charge in [0.15, 0.2) is 0 Å². The quantitative estimate of drug-likeness (QED) is 0.556. The maximum Gasteiger partial charge on any atom is 0 e. The normalized spacial score (nSPS) is 7.00. The van der Waals surface area contributed by atoms with Crippen molar-refractivity contribution in [2.24, 2.45) is 0 Å². The van der Waals surface area contributed by atoms with Gasteiger partial charge < -0.3 is 6.92 Å². The average Bonchev–Trinajstić information content (AvgIpc) is 1.41. The first-order valence-electron chi connectivity index (χ1n) is 1.82. The van der Waals surface area contributed by atoms with Crippen LogP contribution in [0.25, 0.3) is 0 Å². The van der Waals surface area contributed by atoms with Crippen LogP contribution < -0.4 is 0 Å². The van der Waals surface area contributed by atoms with Gasteiger partial charge in [0.25, 0.3) is 0 Å². The fourth-order valence-electron chi connectivity index (χ4n) is 0.112. The Morgan fingerprint density at radius 3 is 2.00 bits per heavy atom. The fraction of sp³-hybridized carbons (Fsp3) is 0.750. The summed E-state index contributed by atoms with van der Waals surface area (Å²) in [5, 5.41) is 0. The van der Waals surface area contributed by atoms with E-state index in [1.54, 1.807) is 0 Å². The van der Waals surface area contributed by atoms with Crippen LogP contribution in [-0.2, 0) is 0 Å². The fourth-order valence-corrected chi connectivity index (χ4v) is 0.335. The molecule has 0 amide bonds. The molecule has 0 heterocycles. The Morgan fingerprint density at radius 1 is 1.50 bits per heavy atom. The van der Waals surface area contributed by atoms with Gasteiger partial charge in [-0.3, -0.25) is 0 Å². The van der Waals surface area contributed by atoms with E-state index in [-0.39, 0.29) is 38.6 Å². The van der Waals surface area contributed by atoms with Crippen molar-refractivity contribution in [3.8, 4) is 0 Å². The molecule has 0 rings (SSSR count). The van der Waals surface area contributed by atoms with E-state index in [0.717, 1.165) is 18.6 Å². The van der Waals surface area contributed by atoms with E-state index in [9.17, 15) is 0 Å². The van der Waals surface area contributed by atoms with Gasteiger partial charge >= 0.3 is 0 Å². The van der Waals surface area contributed by atoms with Gasteiger partial charge in [-0.25, -0.2) is 0 Å². The van der Waals surface area contributed by atoms with Crippen LogP contribution in [0.5, 0.6) is 0 Å². The maximum atomic E-state index is 3.96. The summed E-state index contributed by atoms with van der Waals surface area (Å²) in [6.45, 7) is 3.63. The predicted molar refractivity (Wildman–Crippen MR) is 28.4 cm³/mol. The zero-order valence-electron chi connectivity index (χ0n) is 3.61. The van der Waals surface area contributed by atoms with Crippen LogP contribution in [0, 0.1) is 45.5 Å². The van der Waals surface area contributed by atoms with Crippen LogP contribution in [0.1, 0.15) is 12.8 Å². The molecule has 0 saturated heterocycles. The second kappa shape index (κ2) is 9.81. The van der Waals surface area contributed by atoms with Gasteiger partial charge in [-0.2, -0.15) is 19.0 Å². The van der Waals surface area contributed by atoms with Crippen molar-refractivity contribution in [3.63, 3.8) is 0 Å². The number of thiol groups is 1. The van der Waals surface area contributed by atoms with E-state index in [0.29, 0.717) is 0 Å². The minimum atomic E-state index is 0. The molecule has 1 radical (unpaired) electrons. The van der Waals surface area contributed by atoms with E-state index in [2.05, 4.69) is 19.6 Å². The average molecular weight is 248 g/mol. The van der Waals surface area contributed by atoms with Crippen molar-refractivity contribution in [3.05, 3.63) is 6.92 Å². The Morgan fingerprint density at radius 2 is 2.00 bits per heavy atom. The third kappa shape index (κ3) is 9.16. The van der Waals surface area contributed by atoms with Crippen molar-refractivity contribution in [1.82, 2.24) is 0 Å². The second-order valence-corrected chi connectivity index (χ2v) is 1.38. The molecule has 0 aliphatic heterocycles. The van der Waals surface area contributed by atoms with Gasteiger partial charge in [-0.1, -0.05) is 6.42 Å². The largest absolute Gasteiger partial charge is 0.343 e. The first-order chi connectivity index (χ1) is 2.41. The van der Waals surface area contributed by atoms with Crippen LogP contribution in [-0.4, -0.2) is 5.75 Å². The monoisotopic (exact) mass is 248 g/mol.